The molecule has 0 saturated heterocycles. The van der Waals surface area contributed by atoms with E-state index in [0.717, 1.165) is 36.3 Å². The van der Waals surface area contributed by atoms with Gasteiger partial charge in [0, 0.05) is 25.7 Å². The fourth-order valence-corrected chi connectivity index (χ4v) is 3.65. The van der Waals surface area contributed by atoms with Crippen molar-refractivity contribution in [1.82, 2.24) is 25.2 Å². The van der Waals surface area contributed by atoms with Gasteiger partial charge in [-0.05, 0) is 44.4 Å². The number of urea groups is 1. The van der Waals surface area contributed by atoms with Crippen molar-refractivity contribution < 1.29 is 14.3 Å². The lowest BCUT2D eigenvalue weighted by Gasteiger charge is -2.30. The van der Waals surface area contributed by atoms with Gasteiger partial charge in [-0.1, -0.05) is 11.3 Å². The SMILES string of the molecule is CCN(C(=O)NCC1(n2ccnn2)CC1)C(C)c1ccc2c(c1)OCCCO2. The van der Waals surface area contributed by atoms with Crippen LogP contribution >= 0.6 is 0 Å². The highest BCUT2D eigenvalue weighted by molar-refractivity contribution is 5.75. The number of hydrogen-bond donors (Lipinski definition) is 1. The minimum atomic E-state index is -0.121. The lowest BCUT2D eigenvalue weighted by molar-refractivity contribution is 0.180. The van der Waals surface area contributed by atoms with E-state index in [1.54, 1.807) is 6.20 Å². The number of benzene rings is 1. The summed E-state index contributed by atoms with van der Waals surface area (Å²) >= 11 is 0. The van der Waals surface area contributed by atoms with Gasteiger partial charge >= 0.3 is 6.03 Å². The molecule has 1 aromatic carbocycles. The van der Waals surface area contributed by atoms with Crippen LogP contribution in [0.3, 0.4) is 0 Å². The zero-order chi connectivity index (χ0) is 19.6. The van der Waals surface area contributed by atoms with Crippen molar-refractivity contribution in [3.05, 3.63) is 36.2 Å². The molecule has 8 nitrogen and oxygen atoms in total. The summed E-state index contributed by atoms with van der Waals surface area (Å²) in [6.45, 7) is 6.50. The van der Waals surface area contributed by atoms with Crippen LogP contribution in [0.2, 0.25) is 0 Å². The van der Waals surface area contributed by atoms with Crippen LogP contribution in [0.4, 0.5) is 4.79 Å². The first kappa shape index (κ1) is 18.6. The summed E-state index contributed by atoms with van der Waals surface area (Å²) < 4.78 is 13.4. The third kappa shape index (κ3) is 3.63. The molecular formula is C20H27N5O3. The molecule has 2 amide bonds. The van der Waals surface area contributed by atoms with Gasteiger partial charge in [0.2, 0.25) is 0 Å². The monoisotopic (exact) mass is 385 g/mol. The number of nitrogens with zero attached hydrogens (tertiary/aromatic N) is 4. The number of carbonyl (C=O) groups excluding carboxylic acids is 1. The molecule has 2 aliphatic rings. The van der Waals surface area contributed by atoms with Crippen LogP contribution in [-0.2, 0) is 5.54 Å². The van der Waals surface area contributed by atoms with Crippen LogP contribution in [0, 0.1) is 0 Å². The van der Waals surface area contributed by atoms with E-state index >= 15 is 0 Å². The topological polar surface area (TPSA) is 81.5 Å². The molecule has 2 aromatic rings. The van der Waals surface area contributed by atoms with E-state index in [4.69, 9.17) is 9.47 Å². The van der Waals surface area contributed by atoms with E-state index in [0.29, 0.717) is 26.3 Å². The van der Waals surface area contributed by atoms with Crippen molar-refractivity contribution in [3.63, 3.8) is 0 Å². The lowest BCUT2D eigenvalue weighted by atomic mass is 10.1. The van der Waals surface area contributed by atoms with Crippen molar-refractivity contribution in [3.8, 4) is 11.5 Å². The van der Waals surface area contributed by atoms with Gasteiger partial charge in [-0.15, -0.1) is 5.10 Å². The molecule has 0 radical (unpaired) electrons. The number of fused-ring (bicyclic) bond motifs is 1. The molecule has 1 atom stereocenters. The third-order valence-electron chi connectivity index (χ3n) is 5.63. The van der Waals surface area contributed by atoms with E-state index in [9.17, 15) is 4.79 Å². The maximum Gasteiger partial charge on any atom is 0.317 e. The van der Waals surface area contributed by atoms with Gasteiger partial charge < -0.3 is 19.7 Å². The summed E-state index contributed by atoms with van der Waals surface area (Å²) in [5, 5.41) is 11.1. The van der Waals surface area contributed by atoms with Crippen molar-refractivity contribution in [2.24, 2.45) is 0 Å². The average Bonchev–Trinajstić information content (AvgIpc) is 3.38. The summed E-state index contributed by atoms with van der Waals surface area (Å²) in [6.07, 6.45) is 6.40. The molecule has 1 aliphatic heterocycles. The Morgan fingerprint density at radius 3 is 2.79 bits per heavy atom. The molecule has 1 saturated carbocycles. The molecule has 28 heavy (non-hydrogen) atoms. The van der Waals surface area contributed by atoms with Crippen molar-refractivity contribution >= 4 is 6.03 Å². The first-order valence-corrected chi connectivity index (χ1v) is 9.94. The smallest absolute Gasteiger partial charge is 0.317 e. The molecule has 0 bridgehead atoms. The largest absolute Gasteiger partial charge is 0.490 e. The van der Waals surface area contributed by atoms with Gasteiger partial charge in [-0.3, -0.25) is 0 Å². The molecule has 1 aliphatic carbocycles. The first-order valence-electron chi connectivity index (χ1n) is 9.94. The van der Waals surface area contributed by atoms with Crippen LogP contribution < -0.4 is 14.8 Å². The number of hydrogen-bond acceptors (Lipinski definition) is 5. The van der Waals surface area contributed by atoms with Crippen LogP contribution in [0.1, 0.15) is 44.7 Å². The van der Waals surface area contributed by atoms with Gasteiger partial charge in [-0.2, -0.15) is 0 Å². The number of rotatable bonds is 6. The van der Waals surface area contributed by atoms with Crippen LogP contribution in [0.5, 0.6) is 11.5 Å². The zero-order valence-corrected chi connectivity index (χ0v) is 16.4. The predicted molar refractivity (Wildman–Crippen MR) is 103 cm³/mol. The molecule has 150 valence electrons. The molecule has 1 fully saturated rings. The normalized spacial score (nSPS) is 18.1. The van der Waals surface area contributed by atoms with E-state index in [1.807, 2.05) is 47.8 Å². The summed E-state index contributed by atoms with van der Waals surface area (Å²) in [7, 11) is 0. The molecule has 4 rings (SSSR count). The number of amides is 2. The van der Waals surface area contributed by atoms with Gasteiger partial charge in [0.15, 0.2) is 11.5 Å². The molecule has 2 heterocycles. The van der Waals surface area contributed by atoms with Crippen LogP contribution in [0.15, 0.2) is 30.6 Å². The van der Waals surface area contributed by atoms with E-state index < -0.39 is 0 Å². The second-order valence-electron chi connectivity index (χ2n) is 7.45. The summed E-state index contributed by atoms with van der Waals surface area (Å²) in [6, 6.07) is 5.77. The molecule has 1 unspecified atom stereocenters. The summed E-state index contributed by atoms with van der Waals surface area (Å²) in [4.78, 5) is 14.7. The van der Waals surface area contributed by atoms with Crippen molar-refractivity contribution in [2.45, 2.75) is 44.7 Å². The van der Waals surface area contributed by atoms with Gasteiger partial charge in [0.1, 0.15) is 0 Å². The quantitative estimate of drug-likeness (QED) is 0.827. The van der Waals surface area contributed by atoms with E-state index in [2.05, 4.69) is 15.6 Å². The Balaban J connectivity index is 1.43. The fourth-order valence-electron chi connectivity index (χ4n) is 3.65. The standard InChI is InChI=1S/C20H27N5O3/c1-3-24(19(26)21-14-20(7-8-20)25-10-9-22-23-25)15(2)16-5-6-17-18(13-16)28-12-4-11-27-17/h5-6,9-10,13,15H,3-4,7-8,11-12,14H2,1-2H3,(H,21,26). The maximum atomic E-state index is 12.9. The van der Waals surface area contributed by atoms with Crippen LogP contribution in [0.25, 0.3) is 0 Å². The Morgan fingerprint density at radius 2 is 2.11 bits per heavy atom. The molecule has 0 spiro atoms. The predicted octanol–water partition coefficient (Wildman–Crippen LogP) is 2.72. The highest BCUT2D eigenvalue weighted by atomic mass is 16.5. The van der Waals surface area contributed by atoms with E-state index in [-0.39, 0.29) is 17.6 Å². The number of ether oxygens (including phenoxy) is 2. The Morgan fingerprint density at radius 1 is 1.32 bits per heavy atom. The van der Waals surface area contributed by atoms with Crippen LogP contribution in [-0.4, -0.2) is 52.2 Å². The average molecular weight is 385 g/mol. The Bertz CT molecular complexity index is 819. The van der Waals surface area contributed by atoms with Gasteiger partial charge in [-0.25, -0.2) is 9.48 Å². The summed E-state index contributed by atoms with van der Waals surface area (Å²) in [5.41, 5.74) is 0.906. The highest BCUT2D eigenvalue weighted by Gasteiger charge is 2.46. The van der Waals surface area contributed by atoms with E-state index in [1.165, 1.54) is 0 Å². The minimum Gasteiger partial charge on any atom is -0.490 e. The highest BCUT2D eigenvalue weighted by Crippen LogP contribution is 2.42. The Hall–Kier alpha value is -2.77. The number of carbonyl (C=O) groups is 1. The molecule has 1 N–H and O–H groups in total. The maximum absolute atomic E-state index is 12.9. The number of nitrogens with one attached hydrogen (secondary N) is 1. The Labute approximate surface area is 164 Å². The second kappa shape index (κ2) is 7.69. The number of aromatic nitrogens is 3. The second-order valence-corrected chi connectivity index (χ2v) is 7.45. The third-order valence-corrected chi connectivity index (χ3v) is 5.63. The molecular weight excluding hydrogens is 358 g/mol. The lowest BCUT2D eigenvalue weighted by Crippen LogP contribution is -2.45. The minimum absolute atomic E-state index is 0.0755. The Kier molecular flexibility index (Phi) is 5.11. The molecule has 8 heteroatoms. The molecule has 1 aromatic heterocycles. The van der Waals surface area contributed by atoms with Crippen molar-refractivity contribution in [2.75, 3.05) is 26.3 Å². The first-order chi connectivity index (χ1) is 13.6. The summed E-state index contributed by atoms with van der Waals surface area (Å²) in [5.74, 6) is 1.52. The van der Waals surface area contributed by atoms with Gasteiger partial charge in [0.25, 0.3) is 0 Å². The fraction of sp³-hybridized carbons (Fsp3) is 0.550. The van der Waals surface area contributed by atoms with Gasteiger partial charge in [0.05, 0.1) is 31.0 Å². The zero-order valence-electron chi connectivity index (χ0n) is 16.4. The van der Waals surface area contributed by atoms with Crippen molar-refractivity contribution in [1.29, 1.82) is 0 Å².